The van der Waals surface area contributed by atoms with Crippen LogP contribution in [0.25, 0.3) is 10.9 Å². The first-order valence-corrected chi connectivity index (χ1v) is 5.86. The lowest BCUT2D eigenvalue weighted by atomic mass is 10.2. The van der Waals surface area contributed by atoms with Crippen molar-refractivity contribution in [2.75, 3.05) is 11.9 Å². The van der Waals surface area contributed by atoms with E-state index < -0.39 is 24.6 Å². The number of amides is 2. The molecular formula is C13H13N3O4. The van der Waals surface area contributed by atoms with Crippen molar-refractivity contribution in [3.8, 4) is 0 Å². The van der Waals surface area contributed by atoms with Crippen molar-refractivity contribution in [3.63, 3.8) is 0 Å². The van der Waals surface area contributed by atoms with E-state index in [9.17, 15) is 9.59 Å². The first-order valence-electron chi connectivity index (χ1n) is 5.86. The van der Waals surface area contributed by atoms with Gasteiger partial charge in [-0.2, -0.15) is 0 Å². The molecule has 0 spiro atoms. The molecule has 0 aliphatic rings. The molecule has 1 aromatic heterocycles. The molecule has 4 N–H and O–H groups in total. The highest BCUT2D eigenvalue weighted by atomic mass is 16.4. The van der Waals surface area contributed by atoms with Crippen molar-refractivity contribution in [3.05, 3.63) is 36.5 Å². The van der Waals surface area contributed by atoms with Crippen molar-refractivity contribution in [1.82, 2.24) is 10.3 Å². The number of nitrogens with one attached hydrogen (secondary N) is 2. The minimum Gasteiger partial charge on any atom is -0.480 e. The summed E-state index contributed by atoms with van der Waals surface area (Å²) in [4.78, 5) is 26.4. The van der Waals surface area contributed by atoms with Crippen molar-refractivity contribution < 1.29 is 19.8 Å². The number of urea groups is 1. The second-order valence-corrected chi connectivity index (χ2v) is 4.08. The van der Waals surface area contributed by atoms with Crippen LogP contribution in [0.5, 0.6) is 0 Å². The smallest absolute Gasteiger partial charge is 0.328 e. The first kappa shape index (κ1) is 13.8. The number of hydrogen-bond acceptors (Lipinski definition) is 4. The number of carbonyl (C=O) groups excluding carboxylic acids is 1. The fourth-order valence-electron chi connectivity index (χ4n) is 1.66. The zero-order valence-corrected chi connectivity index (χ0v) is 10.4. The fraction of sp³-hybridized carbons (Fsp3) is 0.154. The minimum absolute atomic E-state index is 0.505. The van der Waals surface area contributed by atoms with Crippen LogP contribution in [0.1, 0.15) is 0 Å². The second-order valence-electron chi connectivity index (χ2n) is 4.08. The maximum atomic E-state index is 11.6. The zero-order chi connectivity index (χ0) is 14.5. The van der Waals surface area contributed by atoms with E-state index >= 15 is 0 Å². The molecule has 2 aromatic rings. The maximum absolute atomic E-state index is 11.6. The summed E-state index contributed by atoms with van der Waals surface area (Å²) in [5.74, 6) is -1.30. The highest BCUT2D eigenvalue weighted by molar-refractivity contribution is 5.94. The third-order valence-corrected chi connectivity index (χ3v) is 2.65. The Morgan fingerprint density at radius 3 is 2.80 bits per heavy atom. The lowest BCUT2D eigenvalue weighted by molar-refractivity contribution is -0.140. The van der Waals surface area contributed by atoms with Crippen molar-refractivity contribution in [2.24, 2.45) is 0 Å². The van der Waals surface area contributed by atoms with Crippen molar-refractivity contribution in [1.29, 1.82) is 0 Å². The predicted molar refractivity (Wildman–Crippen MR) is 72.4 cm³/mol. The molecule has 2 rings (SSSR count). The third kappa shape index (κ3) is 3.21. The first-order chi connectivity index (χ1) is 9.60. The third-order valence-electron chi connectivity index (χ3n) is 2.65. The molecule has 0 saturated heterocycles. The number of carboxylic acids is 1. The number of rotatable bonds is 4. The monoisotopic (exact) mass is 275 g/mol. The van der Waals surface area contributed by atoms with E-state index in [1.165, 1.54) is 0 Å². The molecule has 104 valence electrons. The van der Waals surface area contributed by atoms with E-state index in [2.05, 4.69) is 15.6 Å². The molecule has 0 unspecified atom stereocenters. The van der Waals surface area contributed by atoms with Gasteiger partial charge in [0.05, 0.1) is 12.1 Å². The molecule has 1 aromatic carbocycles. The van der Waals surface area contributed by atoms with Gasteiger partial charge in [-0.1, -0.05) is 6.07 Å². The molecule has 0 radical (unpaired) electrons. The molecule has 1 atom stereocenters. The van der Waals surface area contributed by atoms with Gasteiger partial charge in [0, 0.05) is 17.3 Å². The number of pyridine rings is 1. The zero-order valence-electron chi connectivity index (χ0n) is 10.4. The van der Waals surface area contributed by atoms with Gasteiger partial charge in [0.15, 0.2) is 6.04 Å². The Balaban J connectivity index is 2.07. The van der Waals surface area contributed by atoms with Gasteiger partial charge in [0.1, 0.15) is 0 Å². The quantitative estimate of drug-likeness (QED) is 0.659. The summed E-state index contributed by atoms with van der Waals surface area (Å²) in [6, 6.07) is 6.70. The Morgan fingerprint density at radius 1 is 1.30 bits per heavy atom. The number of aliphatic hydroxyl groups excluding tert-OH is 1. The Kier molecular flexibility index (Phi) is 4.11. The number of aromatic nitrogens is 1. The Labute approximate surface area is 114 Å². The minimum atomic E-state index is -1.34. The molecule has 0 bridgehead atoms. The Morgan fingerprint density at radius 2 is 2.10 bits per heavy atom. The standard InChI is InChI=1S/C13H13N3O4/c17-7-11(12(18)19)16-13(20)15-9-3-4-10-8(6-9)2-1-5-14-10/h1-6,11,17H,7H2,(H,18,19)(H2,15,16,20)/t11-/m0/s1. The lowest BCUT2D eigenvalue weighted by Gasteiger charge is -2.12. The topological polar surface area (TPSA) is 112 Å². The average molecular weight is 275 g/mol. The molecule has 7 nitrogen and oxygen atoms in total. The van der Waals surface area contributed by atoms with Crippen LogP contribution in [-0.2, 0) is 4.79 Å². The highest BCUT2D eigenvalue weighted by Crippen LogP contribution is 2.16. The van der Waals surface area contributed by atoms with Crippen LogP contribution in [0.2, 0.25) is 0 Å². The SMILES string of the molecule is O=C(Nc1ccc2ncccc2c1)N[C@@H](CO)C(=O)O. The highest BCUT2D eigenvalue weighted by Gasteiger charge is 2.18. The molecule has 2 amide bonds. The molecule has 7 heteroatoms. The Bertz CT molecular complexity index is 644. The number of anilines is 1. The molecule has 0 saturated carbocycles. The van der Waals surface area contributed by atoms with E-state index in [4.69, 9.17) is 10.2 Å². The van der Waals surface area contributed by atoms with E-state index in [0.29, 0.717) is 5.69 Å². The van der Waals surface area contributed by atoms with Gasteiger partial charge in [-0.15, -0.1) is 0 Å². The van der Waals surface area contributed by atoms with Gasteiger partial charge in [0.2, 0.25) is 0 Å². The summed E-state index contributed by atoms with van der Waals surface area (Å²) in [5, 5.41) is 23.0. The number of aliphatic carboxylic acids is 1. The van der Waals surface area contributed by atoms with Crippen LogP contribution in [-0.4, -0.2) is 39.8 Å². The molecule has 0 aliphatic heterocycles. The van der Waals surface area contributed by atoms with E-state index in [0.717, 1.165) is 10.9 Å². The van der Waals surface area contributed by atoms with Gasteiger partial charge in [0.25, 0.3) is 0 Å². The van der Waals surface area contributed by atoms with Crippen LogP contribution in [0.4, 0.5) is 10.5 Å². The van der Waals surface area contributed by atoms with Gasteiger partial charge in [-0.05, 0) is 24.3 Å². The Hall–Kier alpha value is -2.67. The molecule has 1 heterocycles. The van der Waals surface area contributed by atoms with Crippen molar-refractivity contribution >= 4 is 28.6 Å². The number of aliphatic hydroxyl groups is 1. The summed E-state index contributed by atoms with van der Waals surface area (Å²) in [6.45, 7) is -0.676. The van der Waals surface area contributed by atoms with Crippen LogP contribution in [0.3, 0.4) is 0 Å². The summed E-state index contributed by atoms with van der Waals surface area (Å²) in [7, 11) is 0. The summed E-state index contributed by atoms with van der Waals surface area (Å²) in [6.07, 6.45) is 1.67. The number of hydrogen-bond donors (Lipinski definition) is 4. The van der Waals surface area contributed by atoms with Crippen LogP contribution >= 0.6 is 0 Å². The lowest BCUT2D eigenvalue weighted by Crippen LogP contribution is -2.45. The van der Waals surface area contributed by atoms with Gasteiger partial charge < -0.3 is 20.8 Å². The number of carboxylic acid groups (broad SMARTS) is 1. The summed E-state index contributed by atoms with van der Waals surface area (Å²) >= 11 is 0. The number of nitrogens with zero attached hydrogens (tertiary/aromatic N) is 1. The average Bonchev–Trinajstić information content (AvgIpc) is 2.44. The predicted octanol–water partition coefficient (Wildman–Crippen LogP) is 0.802. The number of fused-ring (bicyclic) bond motifs is 1. The molecule has 0 fully saturated rings. The van der Waals surface area contributed by atoms with E-state index in [1.807, 2.05) is 6.07 Å². The molecule has 0 aliphatic carbocycles. The number of benzene rings is 1. The fourth-order valence-corrected chi connectivity index (χ4v) is 1.66. The maximum Gasteiger partial charge on any atom is 0.328 e. The molecular weight excluding hydrogens is 262 g/mol. The van der Waals surface area contributed by atoms with Gasteiger partial charge >= 0.3 is 12.0 Å². The van der Waals surface area contributed by atoms with E-state index in [-0.39, 0.29) is 0 Å². The largest absolute Gasteiger partial charge is 0.480 e. The normalized spacial score (nSPS) is 11.8. The van der Waals surface area contributed by atoms with Crippen LogP contribution in [0, 0.1) is 0 Å². The summed E-state index contributed by atoms with van der Waals surface area (Å²) in [5.41, 5.74) is 1.29. The van der Waals surface area contributed by atoms with Gasteiger partial charge in [-0.25, -0.2) is 9.59 Å². The van der Waals surface area contributed by atoms with E-state index in [1.54, 1.807) is 30.5 Å². The molecule has 20 heavy (non-hydrogen) atoms. The van der Waals surface area contributed by atoms with Gasteiger partial charge in [-0.3, -0.25) is 4.98 Å². The number of carbonyl (C=O) groups is 2. The summed E-state index contributed by atoms with van der Waals surface area (Å²) < 4.78 is 0. The second kappa shape index (κ2) is 5.98. The van der Waals surface area contributed by atoms with Crippen molar-refractivity contribution in [2.45, 2.75) is 6.04 Å². The van der Waals surface area contributed by atoms with Crippen LogP contribution in [0.15, 0.2) is 36.5 Å². The van der Waals surface area contributed by atoms with Crippen LogP contribution < -0.4 is 10.6 Å².